The first kappa shape index (κ1) is 18.0. The van der Waals surface area contributed by atoms with Crippen LogP contribution in [-0.2, 0) is 13.1 Å². The summed E-state index contributed by atoms with van der Waals surface area (Å²) in [5.41, 5.74) is -0.971. The standard InChI is InChI=1S/C15H10N6O8/c22-18(23)10-1-8-5-16-7-17(14(8)12(3-10)20(26)27)6-9-2-11(19(24)25)4-13(15(9)16)21(28)29/h1-4H,5-7H2. The summed E-state index contributed by atoms with van der Waals surface area (Å²) in [5, 5.41) is 45.3. The Morgan fingerprint density at radius 3 is 1.31 bits per heavy atom. The number of benzene rings is 2. The monoisotopic (exact) mass is 402 g/mol. The summed E-state index contributed by atoms with van der Waals surface area (Å²) in [6.45, 7) is -0.0443. The summed E-state index contributed by atoms with van der Waals surface area (Å²) < 4.78 is 0. The summed E-state index contributed by atoms with van der Waals surface area (Å²) in [4.78, 5) is 45.4. The molecule has 0 amide bonds. The van der Waals surface area contributed by atoms with Crippen molar-refractivity contribution in [3.05, 3.63) is 75.8 Å². The van der Waals surface area contributed by atoms with Gasteiger partial charge < -0.3 is 9.80 Å². The number of fused-ring (bicyclic) bond motifs is 6. The number of anilines is 2. The van der Waals surface area contributed by atoms with E-state index < -0.39 is 42.4 Å². The molecule has 0 saturated heterocycles. The van der Waals surface area contributed by atoms with Crippen molar-refractivity contribution in [3.8, 4) is 0 Å². The third kappa shape index (κ3) is 2.73. The quantitative estimate of drug-likeness (QED) is 0.545. The van der Waals surface area contributed by atoms with Crippen LogP contribution in [0.3, 0.4) is 0 Å². The minimum absolute atomic E-state index is 0.0556. The predicted molar refractivity (Wildman–Crippen MR) is 96.7 cm³/mol. The molecule has 2 aliphatic rings. The van der Waals surface area contributed by atoms with E-state index in [2.05, 4.69) is 0 Å². The normalized spacial score (nSPS) is 14.1. The Kier molecular flexibility index (Phi) is 3.78. The van der Waals surface area contributed by atoms with Gasteiger partial charge in [0.15, 0.2) is 0 Å². The molecule has 148 valence electrons. The SMILES string of the molecule is O=[N+]([O-])c1cc2c(c([N+](=O)[O-])c1)N1Cc3cc([N+](=O)[O-])cc([N+](=O)[O-])c3N(C2)C1. The molecule has 0 fully saturated rings. The third-order valence-corrected chi connectivity index (χ3v) is 4.82. The highest BCUT2D eigenvalue weighted by Gasteiger charge is 2.40. The Hall–Kier alpha value is -4.36. The van der Waals surface area contributed by atoms with Gasteiger partial charge in [-0.15, -0.1) is 0 Å². The Bertz CT molecular complexity index is 1040. The van der Waals surface area contributed by atoms with Gasteiger partial charge in [-0.1, -0.05) is 0 Å². The Balaban J connectivity index is 1.92. The number of hydrogen-bond donors (Lipinski definition) is 0. The molecule has 29 heavy (non-hydrogen) atoms. The van der Waals surface area contributed by atoms with Gasteiger partial charge in [0.25, 0.3) is 22.7 Å². The van der Waals surface area contributed by atoms with E-state index in [4.69, 9.17) is 0 Å². The van der Waals surface area contributed by atoms with Crippen LogP contribution in [-0.4, -0.2) is 26.4 Å². The lowest BCUT2D eigenvalue weighted by Crippen LogP contribution is -2.46. The van der Waals surface area contributed by atoms with Crippen LogP contribution >= 0.6 is 0 Å². The molecule has 2 aromatic carbocycles. The molecule has 2 aromatic rings. The minimum Gasteiger partial charge on any atom is -0.344 e. The highest BCUT2D eigenvalue weighted by Crippen LogP contribution is 2.47. The van der Waals surface area contributed by atoms with Crippen LogP contribution in [0.2, 0.25) is 0 Å². The van der Waals surface area contributed by atoms with Crippen molar-refractivity contribution < 1.29 is 19.7 Å². The molecule has 4 rings (SSSR count). The second-order valence-electron chi connectivity index (χ2n) is 6.51. The molecule has 0 atom stereocenters. The molecule has 0 aromatic heterocycles. The topological polar surface area (TPSA) is 179 Å². The number of nitro benzene ring substituents is 4. The zero-order valence-electron chi connectivity index (χ0n) is 14.4. The fraction of sp³-hybridized carbons (Fsp3) is 0.200. The summed E-state index contributed by atoms with van der Waals surface area (Å²) >= 11 is 0. The van der Waals surface area contributed by atoms with Gasteiger partial charge in [0.2, 0.25) is 0 Å². The highest BCUT2D eigenvalue weighted by atomic mass is 16.6. The average Bonchev–Trinajstić information content (AvgIpc) is 2.65. The van der Waals surface area contributed by atoms with Gasteiger partial charge in [-0.2, -0.15) is 0 Å². The van der Waals surface area contributed by atoms with Crippen molar-refractivity contribution in [3.63, 3.8) is 0 Å². The second-order valence-corrected chi connectivity index (χ2v) is 6.51. The Labute approximate surface area is 160 Å². The molecule has 14 heteroatoms. The van der Waals surface area contributed by atoms with E-state index in [1.54, 1.807) is 0 Å². The summed E-state index contributed by atoms with van der Waals surface area (Å²) in [6, 6.07) is 4.12. The number of nitro groups is 4. The van der Waals surface area contributed by atoms with Crippen LogP contribution in [0.15, 0.2) is 24.3 Å². The van der Waals surface area contributed by atoms with Gasteiger partial charge in [0.1, 0.15) is 11.4 Å². The maximum absolute atomic E-state index is 11.5. The first-order valence-electron chi connectivity index (χ1n) is 8.08. The Morgan fingerprint density at radius 2 is 1.00 bits per heavy atom. The molecular formula is C15H10N6O8. The van der Waals surface area contributed by atoms with Crippen molar-refractivity contribution >= 4 is 34.1 Å². The molecule has 2 bridgehead atoms. The molecule has 0 unspecified atom stereocenters. The highest BCUT2D eigenvalue weighted by molar-refractivity contribution is 5.81. The molecule has 0 radical (unpaired) electrons. The van der Waals surface area contributed by atoms with Crippen molar-refractivity contribution in [2.45, 2.75) is 13.1 Å². The minimum atomic E-state index is -0.748. The maximum Gasteiger partial charge on any atom is 0.299 e. The Morgan fingerprint density at radius 1 is 0.621 bits per heavy atom. The molecule has 14 nitrogen and oxygen atoms in total. The molecule has 0 N–H and O–H groups in total. The summed E-state index contributed by atoms with van der Waals surface area (Å²) in [6.07, 6.45) is 0. The van der Waals surface area contributed by atoms with Crippen LogP contribution in [0.4, 0.5) is 34.1 Å². The van der Waals surface area contributed by atoms with Crippen molar-refractivity contribution in [1.82, 2.24) is 0 Å². The van der Waals surface area contributed by atoms with E-state index in [9.17, 15) is 40.5 Å². The molecule has 2 heterocycles. The van der Waals surface area contributed by atoms with Crippen LogP contribution in [0.25, 0.3) is 0 Å². The molecule has 0 spiro atoms. The van der Waals surface area contributed by atoms with E-state index in [-0.39, 0.29) is 42.3 Å². The number of rotatable bonds is 4. The van der Waals surface area contributed by atoms with Gasteiger partial charge in [-0.05, 0) is 0 Å². The van der Waals surface area contributed by atoms with Crippen LogP contribution in [0.5, 0.6) is 0 Å². The van der Waals surface area contributed by atoms with Gasteiger partial charge in [-0.3, -0.25) is 40.5 Å². The van der Waals surface area contributed by atoms with Crippen LogP contribution < -0.4 is 9.80 Å². The fourth-order valence-electron chi connectivity index (χ4n) is 3.80. The number of hydrogen-bond acceptors (Lipinski definition) is 10. The fourth-order valence-corrected chi connectivity index (χ4v) is 3.80. The van der Waals surface area contributed by atoms with Crippen molar-refractivity contribution in [2.24, 2.45) is 0 Å². The van der Waals surface area contributed by atoms with Crippen LogP contribution in [0.1, 0.15) is 11.1 Å². The van der Waals surface area contributed by atoms with Crippen molar-refractivity contribution in [2.75, 3.05) is 16.5 Å². The molecule has 2 aliphatic heterocycles. The molecular weight excluding hydrogens is 392 g/mol. The first-order chi connectivity index (χ1) is 13.7. The first-order valence-corrected chi connectivity index (χ1v) is 8.08. The lowest BCUT2D eigenvalue weighted by atomic mass is 9.98. The van der Waals surface area contributed by atoms with Gasteiger partial charge in [-0.25, -0.2) is 0 Å². The maximum atomic E-state index is 11.5. The van der Waals surface area contributed by atoms with E-state index in [0.717, 1.165) is 12.1 Å². The van der Waals surface area contributed by atoms with Gasteiger partial charge >= 0.3 is 0 Å². The smallest absolute Gasteiger partial charge is 0.299 e. The average molecular weight is 402 g/mol. The molecule has 0 saturated carbocycles. The number of non-ortho nitro benzene ring substituents is 2. The summed E-state index contributed by atoms with van der Waals surface area (Å²) in [5.74, 6) is 0. The largest absolute Gasteiger partial charge is 0.344 e. The van der Waals surface area contributed by atoms with Gasteiger partial charge in [0.05, 0.1) is 38.5 Å². The van der Waals surface area contributed by atoms with E-state index in [1.807, 2.05) is 0 Å². The summed E-state index contributed by atoms with van der Waals surface area (Å²) in [7, 11) is 0. The second kappa shape index (κ2) is 6.08. The van der Waals surface area contributed by atoms with E-state index in [1.165, 1.54) is 21.9 Å². The lowest BCUT2D eigenvalue weighted by molar-refractivity contribution is -0.393. The van der Waals surface area contributed by atoms with E-state index >= 15 is 0 Å². The lowest BCUT2D eigenvalue weighted by Gasteiger charge is -2.43. The molecule has 0 aliphatic carbocycles. The zero-order chi connectivity index (χ0) is 21.0. The van der Waals surface area contributed by atoms with Crippen molar-refractivity contribution in [1.29, 1.82) is 0 Å². The van der Waals surface area contributed by atoms with E-state index in [0.29, 0.717) is 0 Å². The van der Waals surface area contributed by atoms with Gasteiger partial charge in [0, 0.05) is 36.3 Å². The van der Waals surface area contributed by atoms with Crippen LogP contribution in [0, 0.1) is 40.5 Å². The number of nitrogens with zero attached hydrogens (tertiary/aromatic N) is 6. The third-order valence-electron chi connectivity index (χ3n) is 4.82. The predicted octanol–water partition coefficient (Wildman–Crippen LogP) is 2.62. The zero-order valence-corrected chi connectivity index (χ0v) is 14.4.